The van der Waals surface area contributed by atoms with Crippen molar-refractivity contribution in [2.45, 2.75) is 63.4 Å². The SMILES string of the molecule is COc1nc(OC2CCC(C(F)(F)F)CC2)c(F)cc1CN(C)C(=O)[C@@H]1CCCN1.Cl. The second-order valence-electron chi connectivity index (χ2n) is 7.92. The average molecular weight is 470 g/mol. The fourth-order valence-electron chi connectivity index (χ4n) is 4.03. The molecule has 11 heteroatoms. The molecule has 2 aliphatic rings. The van der Waals surface area contributed by atoms with Gasteiger partial charge in [-0.25, -0.2) is 4.39 Å². The monoisotopic (exact) mass is 469 g/mol. The molecule has 1 aromatic rings. The van der Waals surface area contributed by atoms with Gasteiger partial charge in [0.15, 0.2) is 5.82 Å². The Kier molecular flexibility index (Phi) is 8.76. The highest BCUT2D eigenvalue weighted by Crippen LogP contribution is 2.38. The van der Waals surface area contributed by atoms with Crippen molar-refractivity contribution in [3.63, 3.8) is 0 Å². The number of likely N-dealkylation sites (N-methyl/N-ethyl adjacent to an activating group) is 1. The van der Waals surface area contributed by atoms with E-state index in [-0.39, 0.29) is 68.3 Å². The molecule has 1 atom stereocenters. The van der Waals surface area contributed by atoms with E-state index in [1.807, 2.05) is 0 Å². The molecule has 176 valence electrons. The number of ether oxygens (including phenoxy) is 2. The first-order valence-electron chi connectivity index (χ1n) is 10.1. The van der Waals surface area contributed by atoms with E-state index in [1.165, 1.54) is 18.1 Å². The van der Waals surface area contributed by atoms with Gasteiger partial charge in [0.2, 0.25) is 11.8 Å². The van der Waals surface area contributed by atoms with Crippen LogP contribution in [-0.2, 0) is 11.3 Å². The summed E-state index contributed by atoms with van der Waals surface area (Å²) in [6.07, 6.45) is -2.78. The molecular weight excluding hydrogens is 442 g/mol. The Morgan fingerprint density at radius 2 is 1.90 bits per heavy atom. The molecule has 1 saturated carbocycles. The van der Waals surface area contributed by atoms with Gasteiger partial charge in [-0.3, -0.25) is 4.79 Å². The number of rotatable bonds is 6. The van der Waals surface area contributed by atoms with E-state index in [1.54, 1.807) is 7.05 Å². The fourth-order valence-corrected chi connectivity index (χ4v) is 4.03. The molecule has 0 spiro atoms. The van der Waals surface area contributed by atoms with Gasteiger partial charge in [0.25, 0.3) is 5.88 Å². The van der Waals surface area contributed by atoms with E-state index >= 15 is 0 Å². The quantitative estimate of drug-likeness (QED) is 0.641. The van der Waals surface area contributed by atoms with Gasteiger partial charge in [-0.15, -0.1) is 12.4 Å². The highest BCUT2D eigenvalue weighted by atomic mass is 35.5. The maximum atomic E-state index is 14.6. The number of nitrogens with one attached hydrogen (secondary N) is 1. The Labute approximate surface area is 185 Å². The normalized spacial score (nSPS) is 23.7. The number of pyridine rings is 1. The maximum Gasteiger partial charge on any atom is 0.391 e. The summed E-state index contributed by atoms with van der Waals surface area (Å²) in [5.41, 5.74) is 0.386. The zero-order valence-electron chi connectivity index (χ0n) is 17.5. The predicted octanol–water partition coefficient (Wildman–Crippen LogP) is 3.86. The molecule has 1 aliphatic heterocycles. The third-order valence-corrected chi connectivity index (χ3v) is 5.73. The number of alkyl halides is 3. The fraction of sp³-hybridized carbons (Fsp3) is 0.700. The van der Waals surface area contributed by atoms with E-state index in [4.69, 9.17) is 9.47 Å². The van der Waals surface area contributed by atoms with Gasteiger partial charge >= 0.3 is 6.18 Å². The van der Waals surface area contributed by atoms with Crippen LogP contribution in [-0.4, -0.2) is 54.8 Å². The lowest BCUT2D eigenvalue weighted by atomic mass is 9.87. The number of amides is 1. The Morgan fingerprint density at radius 3 is 2.45 bits per heavy atom. The van der Waals surface area contributed by atoms with Crippen LogP contribution in [0, 0.1) is 11.7 Å². The van der Waals surface area contributed by atoms with Crippen LogP contribution in [0.15, 0.2) is 6.07 Å². The van der Waals surface area contributed by atoms with Gasteiger partial charge in [0.1, 0.15) is 6.10 Å². The second kappa shape index (κ2) is 10.7. The summed E-state index contributed by atoms with van der Waals surface area (Å²) in [6.45, 7) is 0.905. The minimum atomic E-state index is -4.21. The highest BCUT2D eigenvalue weighted by molar-refractivity contribution is 5.85. The first kappa shape index (κ1) is 25.5. The van der Waals surface area contributed by atoms with Gasteiger partial charge in [-0.05, 0) is 51.1 Å². The first-order chi connectivity index (χ1) is 14.2. The van der Waals surface area contributed by atoms with E-state index in [0.29, 0.717) is 5.56 Å². The van der Waals surface area contributed by atoms with Crippen molar-refractivity contribution in [3.8, 4) is 11.8 Å². The number of hydrogen-bond acceptors (Lipinski definition) is 5. The number of aromatic nitrogens is 1. The van der Waals surface area contributed by atoms with Crippen LogP contribution in [0.5, 0.6) is 11.8 Å². The van der Waals surface area contributed by atoms with Gasteiger partial charge in [0.05, 0.1) is 25.6 Å². The number of carbonyl (C=O) groups is 1. The van der Waals surface area contributed by atoms with Crippen molar-refractivity contribution >= 4 is 18.3 Å². The summed E-state index contributed by atoms with van der Waals surface area (Å²) in [5, 5.41) is 3.13. The van der Waals surface area contributed by atoms with Crippen molar-refractivity contribution in [3.05, 3.63) is 17.4 Å². The van der Waals surface area contributed by atoms with Crippen molar-refractivity contribution < 1.29 is 31.8 Å². The minimum absolute atomic E-state index is 0. The number of carbonyl (C=O) groups excluding carboxylic acids is 1. The van der Waals surface area contributed by atoms with E-state index < -0.39 is 24.0 Å². The zero-order valence-corrected chi connectivity index (χ0v) is 18.3. The molecule has 0 aromatic carbocycles. The molecule has 1 aromatic heterocycles. The molecule has 0 bridgehead atoms. The Morgan fingerprint density at radius 1 is 1.23 bits per heavy atom. The number of methoxy groups -OCH3 is 1. The summed E-state index contributed by atoms with van der Waals surface area (Å²) >= 11 is 0. The summed E-state index contributed by atoms with van der Waals surface area (Å²) in [5.74, 6) is -2.33. The topological polar surface area (TPSA) is 63.7 Å². The Balaban J connectivity index is 0.00000341. The molecule has 0 radical (unpaired) electrons. The standard InChI is InChI=1S/C20H27F4N3O3.ClH/c1-27(19(28)16-4-3-9-25-16)11-12-10-15(21)18(26-17(12)29-2)30-14-7-5-13(6-8-14)20(22,23)24;/h10,13-14,16,25H,3-9,11H2,1-2H3;1H/t13?,14?,16-;/m0./s1. The average Bonchev–Trinajstić information content (AvgIpc) is 3.23. The van der Waals surface area contributed by atoms with Gasteiger partial charge in [-0.1, -0.05) is 0 Å². The third-order valence-electron chi connectivity index (χ3n) is 5.73. The van der Waals surface area contributed by atoms with Crippen LogP contribution in [0.2, 0.25) is 0 Å². The molecular formula is C20H28ClF4N3O3. The molecule has 31 heavy (non-hydrogen) atoms. The van der Waals surface area contributed by atoms with Crippen molar-refractivity contribution in [1.29, 1.82) is 0 Å². The molecule has 6 nitrogen and oxygen atoms in total. The lowest BCUT2D eigenvalue weighted by Gasteiger charge is -2.30. The van der Waals surface area contributed by atoms with Gasteiger partial charge < -0.3 is 19.7 Å². The van der Waals surface area contributed by atoms with Crippen LogP contribution in [0.1, 0.15) is 44.1 Å². The lowest BCUT2D eigenvalue weighted by molar-refractivity contribution is -0.185. The van der Waals surface area contributed by atoms with Crippen LogP contribution in [0.4, 0.5) is 17.6 Å². The molecule has 1 amide bonds. The number of nitrogens with zero attached hydrogens (tertiary/aromatic N) is 2. The van der Waals surface area contributed by atoms with Gasteiger partial charge in [0, 0.05) is 12.6 Å². The Bertz CT molecular complexity index is 752. The van der Waals surface area contributed by atoms with Crippen LogP contribution < -0.4 is 14.8 Å². The highest BCUT2D eigenvalue weighted by Gasteiger charge is 2.42. The summed E-state index contributed by atoms with van der Waals surface area (Å²) in [6, 6.07) is 0.960. The molecule has 1 aliphatic carbocycles. The molecule has 0 unspecified atom stereocenters. The molecule has 1 saturated heterocycles. The Hall–Kier alpha value is -1.81. The summed E-state index contributed by atoms with van der Waals surface area (Å²) in [4.78, 5) is 18.0. The van der Waals surface area contributed by atoms with Crippen molar-refractivity contribution in [1.82, 2.24) is 15.2 Å². The number of halogens is 5. The molecule has 3 rings (SSSR count). The predicted molar refractivity (Wildman–Crippen MR) is 108 cm³/mol. The maximum absolute atomic E-state index is 14.6. The third kappa shape index (κ3) is 6.35. The number of hydrogen-bond donors (Lipinski definition) is 1. The van der Waals surface area contributed by atoms with Crippen molar-refractivity contribution in [2.24, 2.45) is 5.92 Å². The van der Waals surface area contributed by atoms with Crippen LogP contribution in [0.25, 0.3) is 0 Å². The smallest absolute Gasteiger partial charge is 0.391 e. The summed E-state index contributed by atoms with van der Waals surface area (Å²) < 4.78 is 63.8. The van der Waals surface area contributed by atoms with E-state index in [2.05, 4.69) is 10.3 Å². The van der Waals surface area contributed by atoms with Crippen molar-refractivity contribution in [2.75, 3.05) is 20.7 Å². The van der Waals surface area contributed by atoms with E-state index in [0.717, 1.165) is 19.4 Å². The van der Waals surface area contributed by atoms with Crippen LogP contribution in [0.3, 0.4) is 0 Å². The molecule has 1 N–H and O–H groups in total. The second-order valence-corrected chi connectivity index (χ2v) is 7.92. The lowest BCUT2D eigenvalue weighted by Crippen LogP contribution is -2.41. The van der Waals surface area contributed by atoms with E-state index in [9.17, 15) is 22.4 Å². The van der Waals surface area contributed by atoms with Crippen LogP contribution >= 0.6 is 12.4 Å². The zero-order chi connectivity index (χ0) is 21.9. The molecule has 2 fully saturated rings. The largest absolute Gasteiger partial charge is 0.481 e. The first-order valence-corrected chi connectivity index (χ1v) is 10.1. The summed E-state index contributed by atoms with van der Waals surface area (Å²) in [7, 11) is 3.01. The van der Waals surface area contributed by atoms with Gasteiger partial charge in [-0.2, -0.15) is 18.2 Å². The minimum Gasteiger partial charge on any atom is -0.481 e. The molecule has 2 heterocycles.